The van der Waals surface area contributed by atoms with Crippen LogP contribution in [-0.4, -0.2) is 36.0 Å². The van der Waals surface area contributed by atoms with Gasteiger partial charge >= 0.3 is 12.0 Å². The Kier molecular flexibility index (Phi) is 5.69. The van der Waals surface area contributed by atoms with Crippen LogP contribution in [0.5, 0.6) is 0 Å². The van der Waals surface area contributed by atoms with E-state index in [1.165, 1.54) is 4.90 Å². The fourth-order valence-electron chi connectivity index (χ4n) is 3.75. The first-order chi connectivity index (χ1) is 14.9. The number of halogens is 1. The van der Waals surface area contributed by atoms with E-state index in [0.29, 0.717) is 22.0 Å². The number of urea groups is 1. The Hall–Kier alpha value is -3.32. The van der Waals surface area contributed by atoms with E-state index in [4.69, 9.17) is 16.3 Å². The summed E-state index contributed by atoms with van der Waals surface area (Å²) in [7, 11) is 0. The normalized spacial score (nSPS) is 17.9. The SMILES string of the molecule is CCc1ccc([C@H]2NC(=O)N(CC(=O)Nc3cccc(Cl)c3C)C3=C2C(=O)OC3)cc1. The van der Waals surface area contributed by atoms with Crippen molar-refractivity contribution < 1.29 is 19.1 Å². The monoisotopic (exact) mass is 439 g/mol. The molecule has 160 valence electrons. The van der Waals surface area contributed by atoms with Gasteiger partial charge in [-0.25, -0.2) is 9.59 Å². The molecule has 0 radical (unpaired) electrons. The highest BCUT2D eigenvalue weighted by Gasteiger charge is 2.42. The summed E-state index contributed by atoms with van der Waals surface area (Å²) in [6, 6.07) is 11.8. The van der Waals surface area contributed by atoms with Gasteiger partial charge in [0.25, 0.3) is 0 Å². The van der Waals surface area contributed by atoms with E-state index in [2.05, 4.69) is 17.6 Å². The molecule has 8 heteroatoms. The van der Waals surface area contributed by atoms with Crippen LogP contribution >= 0.6 is 11.6 Å². The van der Waals surface area contributed by atoms with Crippen LogP contribution in [0, 0.1) is 6.92 Å². The molecule has 1 atom stereocenters. The highest BCUT2D eigenvalue weighted by atomic mass is 35.5. The Morgan fingerprint density at radius 2 is 1.97 bits per heavy atom. The number of ether oxygens (including phenoxy) is 1. The van der Waals surface area contributed by atoms with Crippen molar-refractivity contribution in [2.75, 3.05) is 18.5 Å². The zero-order chi connectivity index (χ0) is 22.1. The summed E-state index contributed by atoms with van der Waals surface area (Å²) in [6.07, 6.45) is 0.891. The molecule has 31 heavy (non-hydrogen) atoms. The van der Waals surface area contributed by atoms with Crippen LogP contribution in [-0.2, 0) is 20.7 Å². The summed E-state index contributed by atoms with van der Waals surface area (Å²) in [5, 5.41) is 6.14. The number of nitrogens with one attached hydrogen (secondary N) is 2. The maximum absolute atomic E-state index is 12.9. The molecule has 2 heterocycles. The Morgan fingerprint density at radius 3 is 2.68 bits per heavy atom. The second-order valence-electron chi connectivity index (χ2n) is 7.46. The van der Waals surface area contributed by atoms with Crippen LogP contribution in [0.15, 0.2) is 53.7 Å². The van der Waals surface area contributed by atoms with E-state index in [-0.39, 0.29) is 13.2 Å². The quantitative estimate of drug-likeness (QED) is 0.695. The van der Waals surface area contributed by atoms with Gasteiger partial charge in [0.1, 0.15) is 13.2 Å². The number of nitrogens with zero attached hydrogens (tertiary/aromatic N) is 1. The number of rotatable bonds is 5. The maximum atomic E-state index is 12.9. The van der Waals surface area contributed by atoms with E-state index in [0.717, 1.165) is 23.1 Å². The van der Waals surface area contributed by atoms with Gasteiger partial charge < -0.3 is 15.4 Å². The number of benzene rings is 2. The Labute approximate surface area is 185 Å². The summed E-state index contributed by atoms with van der Waals surface area (Å²) < 4.78 is 5.21. The van der Waals surface area contributed by atoms with Gasteiger partial charge in [0.2, 0.25) is 5.91 Å². The van der Waals surface area contributed by atoms with Gasteiger partial charge in [0, 0.05) is 10.7 Å². The second-order valence-corrected chi connectivity index (χ2v) is 7.87. The fraction of sp³-hybridized carbons (Fsp3) is 0.261. The van der Waals surface area contributed by atoms with Gasteiger partial charge in [0.05, 0.1) is 17.3 Å². The van der Waals surface area contributed by atoms with Crippen molar-refractivity contribution in [1.29, 1.82) is 0 Å². The van der Waals surface area contributed by atoms with Crippen molar-refractivity contribution in [3.63, 3.8) is 0 Å². The average molecular weight is 440 g/mol. The van der Waals surface area contributed by atoms with Gasteiger partial charge in [-0.2, -0.15) is 0 Å². The van der Waals surface area contributed by atoms with Crippen molar-refractivity contribution in [2.24, 2.45) is 0 Å². The molecule has 0 saturated heterocycles. The van der Waals surface area contributed by atoms with E-state index in [1.54, 1.807) is 25.1 Å². The molecule has 0 spiro atoms. The molecule has 0 unspecified atom stereocenters. The number of anilines is 1. The summed E-state index contributed by atoms with van der Waals surface area (Å²) in [6.45, 7) is 3.55. The minimum absolute atomic E-state index is 0.0470. The molecule has 7 nitrogen and oxygen atoms in total. The number of hydrogen-bond acceptors (Lipinski definition) is 4. The topological polar surface area (TPSA) is 87.7 Å². The minimum Gasteiger partial charge on any atom is -0.456 e. The van der Waals surface area contributed by atoms with Crippen LogP contribution < -0.4 is 10.6 Å². The van der Waals surface area contributed by atoms with E-state index < -0.39 is 23.9 Å². The molecular weight excluding hydrogens is 418 g/mol. The first kappa shape index (κ1) is 20.9. The molecule has 2 aliphatic heterocycles. The van der Waals surface area contributed by atoms with Gasteiger partial charge in [-0.05, 0) is 42.2 Å². The predicted octanol–water partition coefficient (Wildman–Crippen LogP) is 3.73. The molecule has 2 aromatic carbocycles. The van der Waals surface area contributed by atoms with Crippen LogP contribution in [0.1, 0.15) is 29.7 Å². The smallest absolute Gasteiger partial charge is 0.338 e. The lowest BCUT2D eigenvalue weighted by molar-refractivity contribution is -0.136. The van der Waals surface area contributed by atoms with E-state index >= 15 is 0 Å². The lowest BCUT2D eigenvalue weighted by Crippen LogP contribution is -2.49. The zero-order valence-electron chi connectivity index (χ0n) is 17.2. The molecule has 2 aromatic rings. The van der Waals surface area contributed by atoms with Crippen LogP contribution in [0.4, 0.5) is 10.5 Å². The molecular formula is C23H22ClN3O4. The second kappa shape index (κ2) is 8.43. The number of carbonyl (C=O) groups is 3. The van der Waals surface area contributed by atoms with Gasteiger partial charge in [-0.3, -0.25) is 9.69 Å². The molecule has 2 N–H and O–H groups in total. The van der Waals surface area contributed by atoms with E-state index in [9.17, 15) is 14.4 Å². The van der Waals surface area contributed by atoms with Gasteiger partial charge in [-0.1, -0.05) is 48.9 Å². The van der Waals surface area contributed by atoms with Crippen molar-refractivity contribution >= 4 is 35.2 Å². The Bertz CT molecular complexity index is 1090. The summed E-state index contributed by atoms with van der Waals surface area (Å²) in [5.41, 5.74) is 4.01. The predicted molar refractivity (Wildman–Crippen MR) is 117 cm³/mol. The molecule has 4 rings (SSSR count). The summed E-state index contributed by atoms with van der Waals surface area (Å²) in [5.74, 6) is -0.895. The number of amides is 3. The van der Waals surface area contributed by atoms with Gasteiger partial charge in [0.15, 0.2) is 0 Å². The maximum Gasteiger partial charge on any atom is 0.338 e. The molecule has 0 fully saturated rings. The lowest BCUT2D eigenvalue weighted by atomic mass is 9.94. The third kappa shape index (κ3) is 4.01. The summed E-state index contributed by atoms with van der Waals surface area (Å²) >= 11 is 6.11. The van der Waals surface area contributed by atoms with Crippen LogP contribution in [0.25, 0.3) is 0 Å². The minimum atomic E-state index is -0.613. The fourth-order valence-corrected chi connectivity index (χ4v) is 3.92. The number of esters is 1. The molecule has 0 bridgehead atoms. The standard InChI is InChI=1S/C23H22ClN3O4/c1-3-14-7-9-15(10-8-14)21-20-18(12-31-22(20)29)27(23(30)26-21)11-19(28)25-17-6-4-5-16(24)13(17)2/h4-10,21H,3,11-12H2,1-2H3,(H,25,28)(H,26,30)/t21-/m1/s1. The van der Waals surface area contributed by atoms with Crippen molar-refractivity contribution in [3.8, 4) is 0 Å². The number of cyclic esters (lactones) is 1. The molecule has 0 saturated carbocycles. The zero-order valence-corrected chi connectivity index (χ0v) is 18.0. The van der Waals surface area contributed by atoms with Gasteiger partial charge in [-0.15, -0.1) is 0 Å². The number of aryl methyl sites for hydroxylation is 1. The van der Waals surface area contributed by atoms with Crippen molar-refractivity contribution in [2.45, 2.75) is 26.3 Å². The third-order valence-electron chi connectivity index (χ3n) is 5.56. The largest absolute Gasteiger partial charge is 0.456 e. The van der Waals surface area contributed by atoms with Crippen molar-refractivity contribution in [3.05, 3.63) is 75.4 Å². The molecule has 3 amide bonds. The Morgan fingerprint density at radius 1 is 1.23 bits per heavy atom. The third-order valence-corrected chi connectivity index (χ3v) is 5.97. The number of carbonyl (C=O) groups excluding carboxylic acids is 3. The highest BCUT2D eigenvalue weighted by Crippen LogP contribution is 2.35. The first-order valence-electron chi connectivity index (χ1n) is 10.0. The molecule has 0 aliphatic carbocycles. The molecule has 2 aliphatic rings. The average Bonchev–Trinajstić information content (AvgIpc) is 3.15. The molecule has 0 aromatic heterocycles. The first-order valence-corrected chi connectivity index (χ1v) is 10.4. The Balaban J connectivity index is 1.59. The van der Waals surface area contributed by atoms with Crippen molar-refractivity contribution in [1.82, 2.24) is 10.2 Å². The van der Waals surface area contributed by atoms with Crippen LogP contribution in [0.3, 0.4) is 0 Å². The highest BCUT2D eigenvalue weighted by molar-refractivity contribution is 6.31. The van der Waals surface area contributed by atoms with E-state index in [1.807, 2.05) is 24.3 Å². The van der Waals surface area contributed by atoms with Crippen LogP contribution in [0.2, 0.25) is 5.02 Å². The number of hydrogen-bond donors (Lipinski definition) is 2. The lowest BCUT2D eigenvalue weighted by Gasteiger charge is -2.32. The summed E-state index contributed by atoms with van der Waals surface area (Å²) in [4.78, 5) is 39.2.